The fourth-order valence-electron chi connectivity index (χ4n) is 1.46. The summed E-state index contributed by atoms with van der Waals surface area (Å²) in [4.78, 5) is 11.9. The second-order valence-corrected chi connectivity index (χ2v) is 4.10. The highest BCUT2D eigenvalue weighted by Gasteiger charge is 2.12. The summed E-state index contributed by atoms with van der Waals surface area (Å²) in [6, 6.07) is 6.84. The number of carbonyl (C=O) groups is 1. The minimum Gasteiger partial charge on any atom is -0.360 e. The van der Waals surface area contributed by atoms with Gasteiger partial charge in [-0.25, -0.2) is 0 Å². The van der Waals surface area contributed by atoms with Crippen LogP contribution in [0.15, 0.2) is 28.8 Å². The van der Waals surface area contributed by atoms with Crippen LogP contribution in [-0.2, 0) is 0 Å². The number of amides is 1. The van der Waals surface area contributed by atoms with Crippen LogP contribution in [0, 0.1) is 13.8 Å². The van der Waals surface area contributed by atoms with Gasteiger partial charge < -0.3 is 9.84 Å². The summed E-state index contributed by atoms with van der Waals surface area (Å²) in [5.41, 5.74) is 1.27. The van der Waals surface area contributed by atoms with Gasteiger partial charge in [0.15, 0.2) is 5.82 Å². The van der Waals surface area contributed by atoms with Crippen LogP contribution >= 0.6 is 11.6 Å². The highest BCUT2D eigenvalue weighted by atomic mass is 35.5. The molecule has 0 aliphatic heterocycles. The number of aromatic nitrogens is 1. The minimum absolute atomic E-state index is 0.252. The Hall–Kier alpha value is -1.81. The van der Waals surface area contributed by atoms with E-state index in [0.29, 0.717) is 22.2 Å². The van der Waals surface area contributed by atoms with Gasteiger partial charge in [0.1, 0.15) is 5.76 Å². The molecule has 0 bridgehead atoms. The lowest BCUT2D eigenvalue weighted by molar-refractivity contribution is 0.102. The molecule has 1 N–H and O–H groups in total. The molecular weight excluding hydrogens is 240 g/mol. The molecule has 4 nitrogen and oxygen atoms in total. The number of aryl methyl sites for hydroxylation is 1. The van der Waals surface area contributed by atoms with Crippen LogP contribution in [0.4, 0.5) is 5.82 Å². The van der Waals surface area contributed by atoms with Gasteiger partial charge in [-0.05, 0) is 31.5 Å². The molecule has 1 aromatic carbocycles. The van der Waals surface area contributed by atoms with Crippen LogP contribution < -0.4 is 5.32 Å². The maximum Gasteiger partial charge on any atom is 0.257 e. The number of hydrogen-bond acceptors (Lipinski definition) is 3. The third kappa shape index (κ3) is 2.47. The summed E-state index contributed by atoms with van der Waals surface area (Å²) >= 11 is 5.95. The molecule has 0 radical (unpaired) electrons. The first-order valence-corrected chi connectivity index (χ1v) is 5.45. The van der Waals surface area contributed by atoms with Crippen molar-refractivity contribution in [3.63, 3.8) is 0 Å². The minimum atomic E-state index is -0.252. The molecule has 0 atom stereocenters. The van der Waals surface area contributed by atoms with E-state index >= 15 is 0 Å². The van der Waals surface area contributed by atoms with Crippen molar-refractivity contribution in [1.82, 2.24) is 5.16 Å². The molecule has 2 rings (SSSR count). The van der Waals surface area contributed by atoms with Crippen molar-refractivity contribution in [1.29, 1.82) is 0 Å². The Morgan fingerprint density at radius 2 is 2.18 bits per heavy atom. The summed E-state index contributed by atoms with van der Waals surface area (Å²) in [5.74, 6) is 0.785. The molecule has 5 heteroatoms. The van der Waals surface area contributed by atoms with E-state index in [-0.39, 0.29) is 5.91 Å². The molecule has 0 unspecified atom stereocenters. The SMILES string of the molecule is Cc1cc(NC(=O)c2cccc(Cl)c2C)no1. The second kappa shape index (κ2) is 4.59. The summed E-state index contributed by atoms with van der Waals surface area (Å²) in [7, 11) is 0. The molecule has 0 saturated carbocycles. The fraction of sp³-hybridized carbons (Fsp3) is 0.167. The van der Waals surface area contributed by atoms with Crippen molar-refractivity contribution in [2.45, 2.75) is 13.8 Å². The van der Waals surface area contributed by atoms with Crippen LogP contribution in [0.1, 0.15) is 21.7 Å². The molecule has 0 spiro atoms. The predicted octanol–water partition coefficient (Wildman–Crippen LogP) is 3.20. The number of rotatable bonds is 2. The van der Waals surface area contributed by atoms with Gasteiger partial charge >= 0.3 is 0 Å². The summed E-state index contributed by atoms with van der Waals surface area (Å²) < 4.78 is 4.86. The molecule has 0 aliphatic carbocycles. The van der Waals surface area contributed by atoms with Gasteiger partial charge in [0.05, 0.1) is 0 Å². The lowest BCUT2D eigenvalue weighted by Crippen LogP contribution is -2.13. The molecule has 88 valence electrons. The molecule has 17 heavy (non-hydrogen) atoms. The molecule has 1 aromatic heterocycles. The van der Waals surface area contributed by atoms with Crippen molar-refractivity contribution in [2.24, 2.45) is 0 Å². The molecule has 1 amide bonds. The number of anilines is 1. The van der Waals surface area contributed by atoms with Gasteiger partial charge in [-0.3, -0.25) is 4.79 Å². The molecule has 0 fully saturated rings. The Kier molecular flexibility index (Phi) is 3.15. The van der Waals surface area contributed by atoms with E-state index in [0.717, 1.165) is 5.56 Å². The predicted molar refractivity (Wildman–Crippen MR) is 65.4 cm³/mol. The number of halogens is 1. The third-order valence-corrected chi connectivity index (χ3v) is 2.79. The lowest BCUT2D eigenvalue weighted by atomic mass is 10.1. The van der Waals surface area contributed by atoms with Gasteiger partial charge in [0, 0.05) is 16.7 Å². The highest BCUT2D eigenvalue weighted by molar-refractivity contribution is 6.32. The van der Waals surface area contributed by atoms with Crippen molar-refractivity contribution in [3.05, 3.63) is 46.2 Å². The topological polar surface area (TPSA) is 55.1 Å². The molecular formula is C12H11ClN2O2. The summed E-state index contributed by atoms with van der Waals surface area (Å²) in [6.45, 7) is 3.55. The zero-order valence-electron chi connectivity index (χ0n) is 9.45. The van der Waals surface area contributed by atoms with Crippen LogP contribution in [-0.4, -0.2) is 11.1 Å². The van der Waals surface area contributed by atoms with Crippen molar-refractivity contribution in [2.75, 3.05) is 5.32 Å². The Labute approximate surface area is 104 Å². The molecule has 0 aliphatic rings. The highest BCUT2D eigenvalue weighted by Crippen LogP contribution is 2.19. The summed E-state index contributed by atoms with van der Waals surface area (Å²) in [5, 5.41) is 6.90. The van der Waals surface area contributed by atoms with E-state index in [2.05, 4.69) is 10.5 Å². The lowest BCUT2D eigenvalue weighted by Gasteiger charge is -2.06. The van der Waals surface area contributed by atoms with Gasteiger partial charge in [-0.1, -0.05) is 22.8 Å². The number of benzene rings is 1. The van der Waals surface area contributed by atoms with Gasteiger partial charge in [0.2, 0.25) is 0 Å². The van der Waals surface area contributed by atoms with Crippen LogP contribution in [0.3, 0.4) is 0 Å². The first-order valence-electron chi connectivity index (χ1n) is 5.07. The van der Waals surface area contributed by atoms with Crippen LogP contribution in [0.2, 0.25) is 5.02 Å². The molecule has 1 heterocycles. The largest absolute Gasteiger partial charge is 0.360 e. The average molecular weight is 251 g/mol. The number of nitrogens with zero attached hydrogens (tertiary/aromatic N) is 1. The quantitative estimate of drug-likeness (QED) is 0.891. The monoisotopic (exact) mass is 250 g/mol. The Morgan fingerprint density at radius 1 is 1.41 bits per heavy atom. The van der Waals surface area contributed by atoms with E-state index in [9.17, 15) is 4.79 Å². The van der Waals surface area contributed by atoms with E-state index in [1.807, 2.05) is 0 Å². The fourth-order valence-corrected chi connectivity index (χ4v) is 1.64. The van der Waals surface area contributed by atoms with Gasteiger partial charge in [-0.2, -0.15) is 0 Å². The van der Waals surface area contributed by atoms with E-state index in [1.54, 1.807) is 38.1 Å². The van der Waals surface area contributed by atoms with Crippen LogP contribution in [0.25, 0.3) is 0 Å². The first kappa shape index (κ1) is 11.7. The van der Waals surface area contributed by atoms with Gasteiger partial charge in [0.25, 0.3) is 5.91 Å². The van der Waals surface area contributed by atoms with E-state index < -0.39 is 0 Å². The maximum atomic E-state index is 11.9. The Bertz CT molecular complexity index is 563. The van der Waals surface area contributed by atoms with Crippen LogP contribution in [0.5, 0.6) is 0 Å². The third-order valence-electron chi connectivity index (χ3n) is 2.38. The first-order chi connectivity index (χ1) is 8.08. The summed E-state index contributed by atoms with van der Waals surface area (Å²) in [6.07, 6.45) is 0. The van der Waals surface area contributed by atoms with Crippen molar-refractivity contribution < 1.29 is 9.32 Å². The normalized spacial score (nSPS) is 10.3. The second-order valence-electron chi connectivity index (χ2n) is 3.69. The Morgan fingerprint density at radius 3 is 2.82 bits per heavy atom. The number of nitrogens with one attached hydrogen (secondary N) is 1. The van der Waals surface area contributed by atoms with E-state index in [4.69, 9.17) is 16.1 Å². The zero-order chi connectivity index (χ0) is 12.4. The Balaban J connectivity index is 2.23. The molecule has 2 aromatic rings. The average Bonchev–Trinajstić information content (AvgIpc) is 2.68. The molecule has 0 saturated heterocycles. The van der Waals surface area contributed by atoms with Gasteiger partial charge in [-0.15, -0.1) is 0 Å². The van der Waals surface area contributed by atoms with Crippen molar-refractivity contribution in [3.8, 4) is 0 Å². The smallest absolute Gasteiger partial charge is 0.257 e. The zero-order valence-corrected chi connectivity index (χ0v) is 10.2. The number of hydrogen-bond donors (Lipinski definition) is 1. The van der Waals surface area contributed by atoms with Crippen molar-refractivity contribution >= 4 is 23.3 Å². The standard InChI is InChI=1S/C12H11ClN2O2/c1-7-6-11(15-17-7)14-12(16)9-4-3-5-10(13)8(9)2/h3-6H,1-2H3,(H,14,15,16). The van der Waals surface area contributed by atoms with E-state index in [1.165, 1.54) is 0 Å². The maximum absolute atomic E-state index is 11.9. The number of carbonyl (C=O) groups excluding carboxylic acids is 1.